The van der Waals surface area contributed by atoms with Gasteiger partial charge in [-0.2, -0.15) is 9.82 Å². The molecule has 0 aliphatic rings. The standard InChI is InChI=1S/C6H7N3O2S/c1-2-4-8-12(10,11)6-3-5-7-9-6/h1,3,5,8H,4H2,(H,7,9). The third-order valence-electron chi connectivity index (χ3n) is 1.13. The van der Waals surface area contributed by atoms with Crippen LogP contribution in [-0.2, 0) is 10.0 Å². The molecule has 0 bridgehead atoms. The third-order valence-corrected chi connectivity index (χ3v) is 2.46. The number of nitrogens with one attached hydrogen (secondary N) is 2. The summed E-state index contributed by atoms with van der Waals surface area (Å²) >= 11 is 0. The number of aromatic amines is 1. The van der Waals surface area contributed by atoms with Crippen molar-refractivity contribution in [2.45, 2.75) is 5.03 Å². The molecule has 12 heavy (non-hydrogen) atoms. The van der Waals surface area contributed by atoms with Gasteiger partial charge in [0.05, 0.1) is 12.7 Å². The van der Waals surface area contributed by atoms with Gasteiger partial charge >= 0.3 is 0 Å². The summed E-state index contributed by atoms with van der Waals surface area (Å²) in [6.07, 6.45) is 6.24. The second kappa shape index (κ2) is 3.38. The number of hydrogen-bond donors (Lipinski definition) is 2. The van der Waals surface area contributed by atoms with Crippen molar-refractivity contribution in [2.24, 2.45) is 0 Å². The number of nitrogens with zero attached hydrogens (tertiary/aromatic N) is 1. The molecule has 64 valence electrons. The van der Waals surface area contributed by atoms with Crippen molar-refractivity contribution in [3.8, 4) is 12.3 Å². The van der Waals surface area contributed by atoms with Gasteiger partial charge in [-0.15, -0.1) is 6.42 Å². The van der Waals surface area contributed by atoms with Crippen LogP contribution in [0.15, 0.2) is 17.3 Å². The van der Waals surface area contributed by atoms with Gasteiger partial charge in [-0.25, -0.2) is 8.42 Å². The van der Waals surface area contributed by atoms with Gasteiger partial charge in [-0.3, -0.25) is 5.10 Å². The van der Waals surface area contributed by atoms with E-state index in [9.17, 15) is 8.42 Å². The average Bonchev–Trinajstić information content (AvgIpc) is 2.53. The molecule has 5 nitrogen and oxygen atoms in total. The van der Waals surface area contributed by atoms with E-state index in [1.165, 1.54) is 12.3 Å². The number of aromatic nitrogens is 2. The second-order valence-electron chi connectivity index (χ2n) is 1.95. The fourth-order valence-corrected chi connectivity index (χ4v) is 1.45. The predicted octanol–water partition coefficient (Wildman–Crippen LogP) is -0.679. The van der Waals surface area contributed by atoms with Gasteiger partial charge in [0.15, 0.2) is 5.03 Å². The van der Waals surface area contributed by atoms with Gasteiger partial charge in [-0.1, -0.05) is 5.92 Å². The van der Waals surface area contributed by atoms with E-state index in [0.29, 0.717) is 0 Å². The Hall–Kier alpha value is -1.32. The van der Waals surface area contributed by atoms with E-state index < -0.39 is 10.0 Å². The Balaban J connectivity index is 2.83. The maximum absolute atomic E-state index is 11.2. The minimum atomic E-state index is -3.49. The van der Waals surface area contributed by atoms with E-state index in [-0.39, 0.29) is 11.6 Å². The molecule has 0 fully saturated rings. The number of sulfonamides is 1. The van der Waals surface area contributed by atoms with E-state index >= 15 is 0 Å². The molecule has 0 saturated carbocycles. The van der Waals surface area contributed by atoms with Crippen molar-refractivity contribution in [2.75, 3.05) is 6.54 Å². The van der Waals surface area contributed by atoms with Gasteiger partial charge in [0.25, 0.3) is 10.0 Å². The Morgan fingerprint density at radius 2 is 2.50 bits per heavy atom. The smallest absolute Gasteiger partial charge is 0.258 e. The molecule has 0 aliphatic carbocycles. The Morgan fingerprint density at radius 3 is 3.00 bits per heavy atom. The molecule has 6 heteroatoms. The zero-order chi connectivity index (χ0) is 9.03. The Kier molecular flexibility index (Phi) is 2.47. The monoisotopic (exact) mass is 185 g/mol. The van der Waals surface area contributed by atoms with Crippen LogP contribution in [0.5, 0.6) is 0 Å². The maximum atomic E-state index is 11.2. The summed E-state index contributed by atoms with van der Waals surface area (Å²) in [5.41, 5.74) is 0. The first kappa shape index (κ1) is 8.77. The van der Waals surface area contributed by atoms with Gasteiger partial charge in [0.2, 0.25) is 0 Å². The second-order valence-corrected chi connectivity index (χ2v) is 3.68. The quantitative estimate of drug-likeness (QED) is 0.613. The first-order chi connectivity index (χ1) is 5.67. The maximum Gasteiger partial charge on any atom is 0.258 e. The summed E-state index contributed by atoms with van der Waals surface area (Å²) < 4.78 is 24.5. The molecule has 0 radical (unpaired) electrons. The summed E-state index contributed by atoms with van der Waals surface area (Å²) in [6, 6.07) is 1.35. The number of rotatable bonds is 3. The molecule has 1 aromatic rings. The molecule has 0 saturated heterocycles. The van der Waals surface area contributed by atoms with Crippen molar-refractivity contribution in [3.63, 3.8) is 0 Å². The topological polar surface area (TPSA) is 74.8 Å². The Bertz CT molecular complexity index is 373. The van der Waals surface area contributed by atoms with Crippen LogP contribution in [0.2, 0.25) is 0 Å². The number of H-pyrrole nitrogens is 1. The lowest BCUT2D eigenvalue weighted by Gasteiger charge is -1.98. The highest BCUT2D eigenvalue weighted by Crippen LogP contribution is 2.00. The molecule has 0 unspecified atom stereocenters. The zero-order valence-corrected chi connectivity index (χ0v) is 6.93. The first-order valence-corrected chi connectivity index (χ1v) is 4.57. The first-order valence-electron chi connectivity index (χ1n) is 3.09. The fourth-order valence-electron chi connectivity index (χ4n) is 0.607. The molecule has 1 heterocycles. The van der Waals surface area contributed by atoms with Crippen LogP contribution >= 0.6 is 0 Å². The highest BCUT2D eigenvalue weighted by atomic mass is 32.2. The van der Waals surface area contributed by atoms with Crippen LogP contribution in [0.25, 0.3) is 0 Å². The van der Waals surface area contributed by atoms with Gasteiger partial charge < -0.3 is 0 Å². The lowest BCUT2D eigenvalue weighted by molar-refractivity contribution is 0.582. The summed E-state index contributed by atoms with van der Waals surface area (Å²) in [4.78, 5) is 0. The lowest BCUT2D eigenvalue weighted by atomic mass is 10.7. The minimum Gasteiger partial charge on any atom is -0.266 e. The van der Waals surface area contributed by atoms with Crippen LogP contribution in [0.3, 0.4) is 0 Å². The molecule has 0 aromatic carbocycles. The van der Waals surface area contributed by atoms with E-state index in [4.69, 9.17) is 6.42 Å². The van der Waals surface area contributed by atoms with Crippen LogP contribution in [0, 0.1) is 12.3 Å². The number of terminal acetylenes is 1. The Labute approximate surface area is 70.2 Å². The third kappa shape index (κ3) is 1.84. The van der Waals surface area contributed by atoms with Crippen LogP contribution < -0.4 is 4.72 Å². The molecule has 0 atom stereocenters. The van der Waals surface area contributed by atoms with Crippen molar-refractivity contribution < 1.29 is 8.42 Å². The summed E-state index contributed by atoms with van der Waals surface area (Å²) in [5.74, 6) is 2.16. The van der Waals surface area contributed by atoms with Crippen molar-refractivity contribution in [3.05, 3.63) is 12.3 Å². The van der Waals surface area contributed by atoms with Crippen molar-refractivity contribution in [1.82, 2.24) is 14.9 Å². The number of hydrogen-bond acceptors (Lipinski definition) is 3. The highest BCUT2D eigenvalue weighted by Gasteiger charge is 2.13. The minimum absolute atomic E-state index is 0.0118. The Morgan fingerprint density at radius 1 is 1.75 bits per heavy atom. The van der Waals surface area contributed by atoms with Crippen LogP contribution in [0.1, 0.15) is 0 Å². The van der Waals surface area contributed by atoms with E-state index in [1.807, 2.05) is 0 Å². The summed E-state index contributed by atoms with van der Waals surface area (Å²) in [6.45, 7) is -0.0264. The molecule has 1 rings (SSSR count). The van der Waals surface area contributed by atoms with Crippen LogP contribution in [0.4, 0.5) is 0 Å². The summed E-state index contributed by atoms with van der Waals surface area (Å²) in [7, 11) is -3.49. The normalized spacial score (nSPS) is 10.9. The largest absolute Gasteiger partial charge is 0.266 e. The van der Waals surface area contributed by atoms with Gasteiger partial charge in [0.1, 0.15) is 0 Å². The van der Waals surface area contributed by atoms with Gasteiger partial charge in [-0.05, 0) is 6.07 Å². The molecular weight excluding hydrogens is 178 g/mol. The predicted molar refractivity (Wildman–Crippen MR) is 42.6 cm³/mol. The molecular formula is C6H7N3O2S. The molecule has 1 aromatic heterocycles. The van der Waals surface area contributed by atoms with Crippen molar-refractivity contribution >= 4 is 10.0 Å². The fraction of sp³-hybridized carbons (Fsp3) is 0.167. The van der Waals surface area contributed by atoms with E-state index in [0.717, 1.165) is 0 Å². The molecule has 0 amide bonds. The lowest BCUT2D eigenvalue weighted by Crippen LogP contribution is -2.24. The van der Waals surface area contributed by atoms with E-state index in [2.05, 4.69) is 20.8 Å². The molecule has 0 spiro atoms. The van der Waals surface area contributed by atoms with Crippen LogP contribution in [-0.4, -0.2) is 25.2 Å². The SMILES string of the molecule is C#CCNS(=O)(=O)c1ccn[nH]1. The zero-order valence-electron chi connectivity index (χ0n) is 6.11. The highest BCUT2D eigenvalue weighted by molar-refractivity contribution is 7.89. The van der Waals surface area contributed by atoms with Crippen molar-refractivity contribution in [1.29, 1.82) is 0 Å². The van der Waals surface area contributed by atoms with Gasteiger partial charge in [0, 0.05) is 0 Å². The average molecular weight is 185 g/mol. The summed E-state index contributed by atoms with van der Waals surface area (Å²) in [5, 5.41) is 5.83. The van der Waals surface area contributed by atoms with E-state index in [1.54, 1.807) is 0 Å². The molecule has 0 aliphatic heterocycles. The molecule has 2 N–H and O–H groups in total.